The maximum Gasteiger partial charge on any atom is 0.223 e. The van der Waals surface area contributed by atoms with Gasteiger partial charge < -0.3 is 0 Å². The zero-order chi connectivity index (χ0) is 5.98. The number of nitrogens with zero attached hydrogens (tertiary/aromatic N) is 2. The molecule has 0 bridgehead atoms. The van der Waals surface area contributed by atoms with Crippen molar-refractivity contribution in [1.82, 2.24) is 5.32 Å². The molecule has 1 aliphatic heterocycles. The second kappa shape index (κ2) is 2.13. The predicted octanol–water partition coefficient (Wildman–Crippen LogP) is 0.813. The first-order valence-corrected chi connectivity index (χ1v) is 2.33. The number of aliphatic imine (C=N–C) groups is 1. The van der Waals surface area contributed by atoms with Crippen molar-refractivity contribution in [1.29, 1.82) is 0 Å². The Hall–Kier alpha value is -0.570. The van der Waals surface area contributed by atoms with E-state index in [1.54, 1.807) is 0 Å². The summed E-state index contributed by atoms with van der Waals surface area (Å²) in [6.45, 7) is -0.653. The molecule has 0 aromatic heterocycles. The van der Waals surface area contributed by atoms with Crippen LogP contribution in [-0.4, -0.2) is 12.0 Å². The minimum absolute atomic E-state index is 0.0534. The summed E-state index contributed by atoms with van der Waals surface area (Å²) in [5.41, 5.74) is 0.162. The van der Waals surface area contributed by atoms with Crippen LogP contribution in [0.15, 0.2) is 10.7 Å². The molecular formula is C4H2ClFN2. The zero-order valence-electron chi connectivity index (χ0n) is 3.86. The first-order valence-electron chi connectivity index (χ1n) is 1.95. The molecule has 2 radical (unpaired) electrons. The molecule has 1 aliphatic rings. The van der Waals surface area contributed by atoms with Gasteiger partial charge in [0.15, 0.2) is 0 Å². The van der Waals surface area contributed by atoms with E-state index in [1.807, 2.05) is 0 Å². The van der Waals surface area contributed by atoms with E-state index in [-0.39, 0.29) is 11.0 Å². The number of hydrogen-bond acceptors (Lipinski definition) is 1. The van der Waals surface area contributed by atoms with Crippen LogP contribution in [0.1, 0.15) is 0 Å². The highest BCUT2D eigenvalue weighted by Gasteiger charge is 2.05. The van der Waals surface area contributed by atoms with Gasteiger partial charge in [-0.1, -0.05) is 0 Å². The average Bonchev–Trinajstić information content (AvgIpc) is 2.14. The fourth-order valence-electron chi connectivity index (χ4n) is 0.332. The highest BCUT2D eigenvalue weighted by Crippen LogP contribution is 2.04. The molecule has 0 saturated carbocycles. The van der Waals surface area contributed by atoms with Gasteiger partial charge in [0.25, 0.3) is 0 Å². The van der Waals surface area contributed by atoms with E-state index in [4.69, 9.17) is 11.6 Å². The third-order valence-corrected chi connectivity index (χ3v) is 0.800. The molecule has 2 nitrogen and oxygen atoms in total. The Bertz CT molecular complexity index is 152. The maximum atomic E-state index is 11.5. The van der Waals surface area contributed by atoms with Crippen LogP contribution in [0.5, 0.6) is 0 Å². The Morgan fingerprint density at radius 2 is 2.50 bits per heavy atom. The van der Waals surface area contributed by atoms with Gasteiger partial charge in [-0.25, -0.2) is 14.7 Å². The largest absolute Gasteiger partial charge is 0.244 e. The lowest BCUT2D eigenvalue weighted by atomic mass is 10.6. The molecule has 0 N–H and O–H groups in total. The molecule has 0 unspecified atom stereocenters. The second-order valence-corrected chi connectivity index (χ2v) is 1.52. The minimum atomic E-state index is -0.653. The van der Waals surface area contributed by atoms with Gasteiger partial charge in [0, 0.05) is 0 Å². The summed E-state index contributed by atoms with van der Waals surface area (Å²) >= 11 is 5.22. The van der Waals surface area contributed by atoms with E-state index in [0.29, 0.717) is 0 Å². The first kappa shape index (κ1) is 5.56. The van der Waals surface area contributed by atoms with Crippen LogP contribution in [0.2, 0.25) is 0 Å². The summed E-state index contributed by atoms with van der Waals surface area (Å²) < 4.78 is 11.5. The van der Waals surface area contributed by atoms with Crippen molar-refractivity contribution in [2.24, 2.45) is 4.99 Å². The molecule has 0 spiro atoms. The van der Waals surface area contributed by atoms with Gasteiger partial charge in [-0.3, -0.25) is 0 Å². The van der Waals surface area contributed by atoms with E-state index in [2.05, 4.69) is 16.5 Å². The number of hydrogen-bond donors (Lipinski definition) is 0. The average molecular weight is 133 g/mol. The monoisotopic (exact) mass is 132 g/mol. The number of alkyl halides is 1. The lowest BCUT2D eigenvalue weighted by Crippen LogP contribution is -1.94. The maximum absolute atomic E-state index is 11.5. The number of rotatable bonds is 1. The summed E-state index contributed by atoms with van der Waals surface area (Å²) in [5.74, 6) is 0. The minimum Gasteiger partial charge on any atom is -0.244 e. The van der Waals surface area contributed by atoms with Crippen LogP contribution in [0.25, 0.3) is 0 Å². The molecule has 0 saturated heterocycles. The third-order valence-electron chi connectivity index (χ3n) is 0.631. The molecule has 0 amide bonds. The second-order valence-electron chi connectivity index (χ2n) is 1.18. The molecular weight excluding hydrogens is 131 g/mol. The molecule has 8 heavy (non-hydrogen) atoms. The van der Waals surface area contributed by atoms with Gasteiger partial charge in [-0.2, -0.15) is 0 Å². The van der Waals surface area contributed by atoms with Crippen molar-refractivity contribution in [3.8, 4) is 0 Å². The summed E-state index contributed by atoms with van der Waals surface area (Å²) in [7, 11) is 0. The molecule has 1 heterocycles. The van der Waals surface area contributed by atoms with Crippen molar-refractivity contribution in [2.75, 3.05) is 6.67 Å². The highest BCUT2D eigenvalue weighted by atomic mass is 35.5. The van der Waals surface area contributed by atoms with E-state index in [0.717, 1.165) is 0 Å². The fourth-order valence-corrected chi connectivity index (χ4v) is 0.476. The van der Waals surface area contributed by atoms with E-state index in [9.17, 15) is 4.39 Å². The van der Waals surface area contributed by atoms with Crippen LogP contribution >= 0.6 is 11.6 Å². The molecule has 1 rings (SSSR count). The topological polar surface area (TPSA) is 26.5 Å². The van der Waals surface area contributed by atoms with Crippen LogP contribution in [0.4, 0.5) is 4.39 Å². The van der Waals surface area contributed by atoms with Gasteiger partial charge in [0.2, 0.25) is 5.29 Å². The van der Waals surface area contributed by atoms with Crippen LogP contribution in [0.3, 0.4) is 0 Å². The molecule has 42 valence electrons. The molecule has 0 atom stereocenters. The third kappa shape index (κ3) is 0.980. The SMILES string of the molecule is FCC1=[C][N]C(Cl)=N1. The molecule has 0 aromatic carbocycles. The van der Waals surface area contributed by atoms with Crippen molar-refractivity contribution < 1.29 is 4.39 Å². The number of amidine groups is 1. The van der Waals surface area contributed by atoms with Crippen LogP contribution in [0, 0.1) is 6.20 Å². The Kier molecular flexibility index (Phi) is 1.48. The molecule has 0 fully saturated rings. The van der Waals surface area contributed by atoms with Crippen molar-refractivity contribution in [3.63, 3.8) is 0 Å². The van der Waals surface area contributed by atoms with Gasteiger partial charge >= 0.3 is 0 Å². The molecule has 0 aromatic rings. The van der Waals surface area contributed by atoms with Gasteiger partial charge in [-0.15, -0.1) is 0 Å². The van der Waals surface area contributed by atoms with Crippen LogP contribution < -0.4 is 5.32 Å². The number of halogens is 2. The first-order chi connectivity index (χ1) is 3.83. The molecule has 0 aliphatic carbocycles. The van der Waals surface area contributed by atoms with E-state index >= 15 is 0 Å². The van der Waals surface area contributed by atoms with Crippen molar-refractivity contribution in [2.45, 2.75) is 0 Å². The zero-order valence-corrected chi connectivity index (χ0v) is 4.61. The van der Waals surface area contributed by atoms with Gasteiger partial charge in [-0.05, 0) is 11.6 Å². The van der Waals surface area contributed by atoms with Crippen molar-refractivity contribution in [3.05, 3.63) is 11.9 Å². The summed E-state index contributed by atoms with van der Waals surface area (Å²) in [5, 5.41) is 3.43. The smallest absolute Gasteiger partial charge is 0.223 e. The number of allylic oxidation sites excluding steroid dienone is 1. The Labute approximate surface area is 51.1 Å². The normalized spacial score (nSPS) is 17.2. The summed E-state index contributed by atoms with van der Waals surface area (Å²) in [6, 6.07) is 0. The fraction of sp³-hybridized carbons (Fsp3) is 0.250. The lowest BCUT2D eigenvalue weighted by molar-refractivity contribution is 0.540. The van der Waals surface area contributed by atoms with E-state index in [1.165, 1.54) is 0 Å². The standard InChI is InChI=1S/C4H2ClFN2/c5-4-7-2-3(1-6)8-4/h1H2. The quantitative estimate of drug-likeness (QED) is 0.472. The van der Waals surface area contributed by atoms with Crippen LogP contribution in [-0.2, 0) is 0 Å². The summed E-state index contributed by atoms with van der Waals surface area (Å²) in [4.78, 5) is 3.45. The Balaban J connectivity index is 2.58. The lowest BCUT2D eigenvalue weighted by Gasteiger charge is -1.78. The van der Waals surface area contributed by atoms with Gasteiger partial charge in [0.1, 0.15) is 18.6 Å². The van der Waals surface area contributed by atoms with Crippen molar-refractivity contribution >= 4 is 16.9 Å². The van der Waals surface area contributed by atoms with Gasteiger partial charge in [0.05, 0.1) is 0 Å². The summed E-state index contributed by atoms with van der Waals surface area (Å²) in [6.07, 6.45) is 2.29. The predicted molar refractivity (Wildman–Crippen MR) is 28.2 cm³/mol. The highest BCUT2D eigenvalue weighted by molar-refractivity contribution is 6.65. The Morgan fingerprint density at radius 3 is 2.75 bits per heavy atom. The molecule has 4 heteroatoms. The van der Waals surface area contributed by atoms with E-state index < -0.39 is 6.67 Å². The Morgan fingerprint density at radius 1 is 1.75 bits per heavy atom.